The molecule has 1 rings (SSSR count). The number of nitrogens with one attached hydrogen (secondary N) is 1. The first-order chi connectivity index (χ1) is 7.58. The van der Waals surface area contributed by atoms with Crippen LogP contribution in [-0.4, -0.2) is 26.2 Å². The summed E-state index contributed by atoms with van der Waals surface area (Å²) in [6.45, 7) is 3.83. The quantitative estimate of drug-likeness (QED) is 0.847. The number of benzene rings is 1. The number of carbonyl (C=O) groups excluding carboxylic acids is 1. The third-order valence-electron chi connectivity index (χ3n) is 2.07. The number of hydrogen-bond donors (Lipinski definition) is 1. The highest BCUT2D eigenvalue weighted by atomic mass is 16.5. The zero-order valence-corrected chi connectivity index (χ0v) is 10.0. The summed E-state index contributed by atoms with van der Waals surface area (Å²) in [5.41, 5.74) is 0.561. The van der Waals surface area contributed by atoms with Crippen molar-refractivity contribution >= 4 is 5.91 Å². The molecule has 0 aromatic heterocycles. The predicted octanol–water partition coefficient (Wildman–Crippen LogP) is 1.84. The number of amides is 1. The second-order valence-corrected chi connectivity index (χ2v) is 3.70. The normalized spacial score (nSPS) is 10.1. The molecule has 0 bridgehead atoms. The Bertz CT molecular complexity index is 375. The molecule has 4 heteroatoms. The van der Waals surface area contributed by atoms with Crippen LogP contribution in [0.2, 0.25) is 0 Å². The zero-order valence-electron chi connectivity index (χ0n) is 10.0. The summed E-state index contributed by atoms with van der Waals surface area (Å²) in [7, 11) is 3.10. The molecule has 0 saturated heterocycles. The molecule has 0 radical (unpaired) electrons. The van der Waals surface area contributed by atoms with E-state index < -0.39 is 0 Å². The fourth-order valence-electron chi connectivity index (χ4n) is 1.32. The van der Waals surface area contributed by atoms with Crippen molar-refractivity contribution in [2.24, 2.45) is 0 Å². The molecule has 0 fully saturated rings. The van der Waals surface area contributed by atoms with E-state index in [2.05, 4.69) is 5.32 Å². The summed E-state index contributed by atoms with van der Waals surface area (Å²) in [4.78, 5) is 11.7. The van der Waals surface area contributed by atoms with E-state index in [1.165, 1.54) is 0 Å². The first-order valence-electron chi connectivity index (χ1n) is 5.11. The molecule has 1 aromatic rings. The van der Waals surface area contributed by atoms with Crippen LogP contribution in [-0.2, 0) is 0 Å². The van der Waals surface area contributed by atoms with Crippen LogP contribution in [0.1, 0.15) is 24.2 Å². The molecule has 0 saturated carbocycles. The van der Waals surface area contributed by atoms with E-state index in [0.29, 0.717) is 17.1 Å². The molecule has 0 heterocycles. The van der Waals surface area contributed by atoms with E-state index in [1.54, 1.807) is 32.4 Å². The molecule has 0 spiro atoms. The molecular formula is C12H17NO3. The summed E-state index contributed by atoms with van der Waals surface area (Å²) < 4.78 is 10.2. The maximum Gasteiger partial charge on any atom is 0.251 e. The van der Waals surface area contributed by atoms with Gasteiger partial charge in [0.25, 0.3) is 5.91 Å². The Morgan fingerprint density at radius 3 is 2.31 bits per heavy atom. The molecule has 0 atom stereocenters. The fourth-order valence-corrected chi connectivity index (χ4v) is 1.32. The van der Waals surface area contributed by atoms with Gasteiger partial charge in [-0.3, -0.25) is 4.79 Å². The van der Waals surface area contributed by atoms with Gasteiger partial charge in [0.15, 0.2) is 11.5 Å². The topological polar surface area (TPSA) is 47.6 Å². The Balaban J connectivity index is 2.94. The molecule has 4 nitrogen and oxygen atoms in total. The SMILES string of the molecule is COc1ccc(C(=O)NC(C)C)cc1OC. The van der Waals surface area contributed by atoms with Crippen LogP contribution in [0, 0.1) is 0 Å². The minimum Gasteiger partial charge on any atom is -0.493 e. The minimum absolute atomic E-state index is 0.112. The standard InChI is InChI=1S/C12H17NO3/c1-8(2)13-12(14)9-5-6-10(15-3)11(7-9)16-4/h5-8H,1-4H3,(H,13,14). The van der Waals surface area contributed by atoms with Gasteiger partial charge < -0.3 is 14.8 Å². The number of hydrogen-bond acceptors (Lipinski definition) is 3. The Hall–Kier alpha value is -1.71. The first-order valence-corrected chi connectivity index (χ1v) is 5.11. The number of rotatable bonds is 4. The van der Waals surface area contributed by atoms with Gasteiger partial charge in [-0.25, -0.2) is 0 Å². The summed E-state index contributed by atoms with van der Waals surface area (Å²) in [6, 6.07) is 5.20. The smallest absolute Gasteiger partial charge is 0.251 e. The Morgan fingerprint density at radius 2 is 1.81 bits per heavy atom. The molecule has 0 aliphatic carbocycles. The maximum atomic E-state index is 11.7. The van der Waals surface area contributed by atoms with E-state index >= 15 is 0 Å². The summed E-state index contributed by atoms with van der Waals surface area (Å²) in [5.74, 6) is 1.05. The predicted molar refractivity (Wildman–Crippen MR) is 62.1 cm³/mol. The lowest BCUT2D eigenvalue weighted by molar-refractivity contribution is 0.0942. The summed E-state index contributed by atoms with van der Waals surface area (Å²) in [5, 5.41) is 2.81. The van der Waals surface area contributed by atoms with Crippen LogP contribution >= 0.6 is 0 Å². The third kappa shape index (κ3) is 2.89. The van der Waals surface area contributed by atoms with Gasteiger partial charge in [-0.15, -0.1) is 0 Å². The van der Waals surface area contributed by atoms with Crippen molar-refractivity contribution in [1.82, 2.24) is 5.32 Å². The molecule has 1 amide bonds. The molecule has 88 valence electrons. The average Bonchev–Trinajstić information content (AvgIpc) is 2.27. The van der Waals surface area contributed by atoms with Crippen LogP contribution in [0.4, 0.5) is 0 Å². The molecule has 16 heavy (non-hydrogen) atoms. The van der Waals surface area contributed by atoms with Crippen molar-refractivity contribution in [3.8, 4) is 11.5 Å². The van der Waals surface area contributed by atoms with Gasteiger partial charge in [-0.1, -0.05) is 0 Å². The lowest BCUT2D eigenvalue weighted by Crippen LogP contribution is -2.30. The third-order valence-corrected chi connectivity index (χ3v) is 2.07. The van der Waals surface area contributed by atoms with Crippen LogP contribution in [0.5, 0.6) is 11.5 Å². The molecular weight excluding hydrogens is 206 g/mol. The zero-order chi connectivity index (χ0) is 12.1. The maximum absolute atomic E-state index is 11.7. The lowest BCUT2D eigenvalue weighted by atomic mass is 10.2. The highest BCUT2D eigenvalue weighted by molar-refractivity contribution is 5.95. The Morgan fingerprint density at radius 1 is 1.19 bits per heavy atom. The summed E-state index contributed by atoms with van der Waals surface area (Å²) >= 11 is 0. The van der Waals surface area contributed by atoms with Crippen molar-refractivity contribution in [2.75, 3.05) is 14.2 Å². The second-order valence-electron chi connectivity index (χ2n) is 3.70. The highest BCUT2D eigenvalue weighted by Gasteiger charge is 2.10. The number of carbonyl (C=O) groups is 1. The monoisotopic (exact) mass is 223 g/mol. The van der Waals surface area contributed by atoms with Crippen LogP contribution in [0.25, 0.3) is 0 Å². The van der Waals surface area contributed by atoms with E-state index in [9.17, 15) is 4.79 Å². The van der Waals surface area contributed by atoms with E-state index in [-0.39, 0.29) is 11.9 Å². The van der Waals surface area contributed by atoms with Gasteiger partial charge in [-0.05, 0) is 32.0 Å². The highest BCUT2D eigenvalue weighted by Crippen LogP contribution is 2.27. The lowest BCUT2D eigenvalue weighted by Gasteiger charge is -2.11. The first kappa shape index (κ1) is 12.4. The summed E-state index contributed by atoms with van der Waals surface area (Å²) in [6.07, 6.45) is 0. The average molecular weight is 223 g/mol. The molecule has 0 aliphatic rings. The van der Waals surface area contributed by atoms with Crippen molar-refractivity contribution in [3.63, 3.8) is 0 Å². The molecule has 1 N–H and O–H groups in total. The second kappa shape index (κ2) is 5.39. The molecule has 0 unspecified atom stereocenters. The van der Waals surface area contributed by atoms with Gasteiger partial charge >= 0.3 is 0 Å². The van der Waals surface area contributed by atoms with Gasteiger partial charge in [-0.2, -0.15) is 0 Å². The minimum atomic E-state index is -0.115. The number of methoxy groups -OCH3 is 2. The van der Waals surface area contributed by atoms with Crippen LogP contribution < -0.4 is 14.8 Å². The van der Waals surface area contributed by atoms with Crippen LogP contribution in [0.15, 0.2) is 18.2 Å². The van der Waals surface area contributed by atoms with E-state index in [4.69, 9.17) is 9.47 Å². The van der Waals surface area contributed by atoms with E-state index in [0.717, 1.165) is 0 Å². The molecule has 1 aromatic carbocycles. The van der Waals surface area contributed by atoms with Gasteiger partial charge in [0.05, 0.1) is 14.2 Å². The van der Waals surface area contributed by atoms with Gasteiger partial charge in [0, 0.05) is 11.6 Å². The Kier molecular flexibility index (Phi) is 4.17. The van der Waals surface area contributed by atoms with Crippen molar-refractivity contribution < 1.29 is 14.3 Å². The number of ether oxygens (including phenoxy) is 2. The van der Waals surface area contributed by atoms with Gasteiger partial charge in [0.1, 0.15) is 0 Å². The van der Waals surface area contributed by atoms with Crippen molar-refractivity contribution in [3.05, 3.63) is 23.8 Å². The fraction of sp³-hybridized carbons (Fsp3) is 0.417. The molecule has 0 aliphatic heterocycles. The van der Waals surface area contributed by atoms with Gasteiger partial charge in [0.2, 0.25) is 0 Å². The Labute approximate surface area is 95.6 Å². The van der Waals surface area contributed by atoms with Crippen molar-refractivity contribution in [2.45, 2.75) is 19.9 Å². The largest absolute Gasteiger partial charge is 0.493 e. The van der Waals surface area contributed by atoms with Crippen molar-refractivity contribution in [1.29, 1.82) is 0 Å². The van der Waals surface area contributed by atoms with Crippen LogP contribution in [0.3, 0.4) is 0 Å². The van der Waals surface area contributed by atoms with E-state index in [1.807, 2.05) is 13.8 Å².